The SMILES string of the molecule is COC1=C(C2(O)CCCc3c2no[n+]3[O-])CCc2c1no[n+]2[O-]. The van der Waals surface area contributed by atoms with E-state index in [1.165, 1.54) is 7.11 Å². The third-order valence-electron chi connectivity index (χ3n) is 4.55. The van der Waals surface area contributed by atoms with E-state index in [0.29, 0.717) is 58.9 Å². The first-order valence-electron chi connectivity index (χ1n) is 7.24. The van der Waals surface area contributed by atoms with Crippen LogP contribution < -0.4 is 9.81 Å². The molecule has 10 heteroatoms. The third-order valence-corrected chi connectivity index (χ3v) is 4.55. The van der Waals surface area contributed by atoms with Crippen LogP contribution in [-0.4, -0.2) is 22.5 Å². The monoisotopic (exact) mass is 322 g/mol. The summed E-state index contributed by atoms with van der Waals surface area (Å²) in [5, 5.41) is 41.9. The highest BCUT2D eigenvalue weighted by molar-refractivity contribution is 5.65. The summed E-state index contributed by atoms with van der Waals surface area (Å²) in [6, 6.07) is 0. The Balaban J connectivity index is 1.91. The Morgan fingerprint density at radius 2 is 1.87 bits per heavy atom. The summed E-state index contributed by atoms with van der Waals surface area (Å²) in [6.07, 6.45) is 2.16. The van der Waals surface area contributed by atoms with Crippen molar-refractivity contribution in [1.82, 2.24) is 10.3 Å². The number of rotatable bonds is 2. The Bertz CT molecular complexity index is 809. The maximum absolute atomic E-state index is 11.6. The van der Waals surface area contributed by atoms with Gasteiger partial charge in [0.15, 0.2) is 11.4 Å². The normalized spacial score (nSPS) is 23.6. The smallest absolute Gasteiger partial charge is 0.285 e. The van der Waals surface area contributed by atoms with Crippen molar-refractivity contribution >= 4 is 5.76 Å². The summed E-state index contributed by atoms with van der Waals surface area (Å²) in [7, 11) is 1.43. The van der Waals surface area contributed by atoms with E-state index >= 15 is 0 Å². The Morgan fingerprint density at radius 1 is 1.13 bits per heavy atom. The van der Waals surface area contributed by atoms with Crippen LogP contribution in [0, 0.1) is 10.4 Å². The number of hydrogen-bond acceptors (Lipinski definition) is 8. The molecular weight excluding hydrogens is 308 g/mol. The van der Waals surface area contributed by atoms with Crippen LogP contribution in [0.2, 0.25) is 0 Å². The zero-order valence-electron chi connectivity index (χ0n) is 12.3. The van der Waals surface area contributed by atoms with Gasteiger partial charge in [0.1, 0.15) is 0 Å². The molecular formula is C13H14N4O6. The van der Waals surface area contributed by atoms with Crippen LogP contribution in [0.25, 0.3) is 5.76 Å². The molecule has 0 radical (unpaired) electrons. The maximum Gasteiger partial charge on any atom is 0.285 e. The van der Waals surface area contributed by atoms with E-state index in [0.717, 1.165) is 0 Å². The molecule has 122 valence electrons. The number of aliphatic hydroxyl groups is 1. The van der Waals surface area contributed by atoms with Gasteiger partial charge in [-0.15, -0.1) is 0 Å². The van der Waals surface area contributed by atoms with Gasteiger partial charge in [-0.05, 0) is 29.1 Å². The number of ether oxygens (including phenoxy) is 1. The minimum atomic E-state index is -1.48. The molecule has 2 heterocycles. The van der Waals surface area contributed by atoms with Gasteiger partial charge in [-0.25, -0.2) is 0 Å². The standard InChI is InChI=1S/C13H14N4O6/c1-21-11-7(4-5-8-10(11)14-22-16(8)19)13(18)6-2-3-9-12(13)15-23-17(9)20/h18H,2-6H2,1H3. The van der Waals surface area contributed by atoms with Crippen LogP contribution >= 0.6 is 0 Å². The molecule has 0 amide bonds. The summed E-state index contributed by atoms with van der Waals surface area (Å²) in [5.74, 6) is 0.278. The molecule has 0 saturated carbocycles. The zero-order chi connectivity index (χ0) is 16.2. The molecule has 1 unspecified atom stereocenters. The van der Waals surface area contributed by atoms with Crippen molar-refractivity contribution in [2.24, 2.45) is 0 Å². The molecule has 0 aliphatic heterocycles. The highest BCUT2D eigenvalue weighted by atomic mass is 16.8. The van der Waals surface area contributed by atoms with Gasteiger partial charge in [0.2, 0.25) is 11.4 Å². The predicted octanol–water partition coefficient (Wildman–Crippen LogP) is -0.543. The molecule has 0 aromatic carbocycles. The Kier molecular flexibility index (Phi) is 2.85. The number of aromatic nitrogens is 4. The second-order valence-corrected chi connectivity index (χ2v) is 5.68. The van der Waals surface area contributed by atoms with Crippen LogP contribution in [0.1, 0.15) is 42.0 Å². The molecule has 1 N–H and O–H groups in total. The van der Waals surface area contributed by atoms with E-state index in [-0.39, 0.29) is 17.1 Å². The summed E-state index contributed by atoms with van der Waals surface area (Å²) in [5.41, 5.74) is 0.169. The molecule has 2 aliphatic rings. The van der Waals surface area contributed by atoms with Crippen molar-refractivity contribution in [1.29, 1.82) is 0 Å². The highest BCUT2D eigenvalue weighted by Crippen LogP contribution is 2.45. The van der Waals surface area contributed by atoms with Gasteiger partial charge < -0.3 is 20.3 Å². The average Bonchev–Trinajstić information content (AvgIpc) is 3.12. The molecule has 2 aromatic rings. The van der Waals surface area contributed by atoms with Crippen molar-refractivity contribution in [3.8, 4) is 0 Å². The number of hydrogen-bond donors (Lipinski definition) is 1. The molecule has 0 saturated heterocycles. The minimum Gasteiger partial charge on any atom is -0.492 e. The predicted molar refractivity (Wildman–Crippen MR) is 70.0 cm³/mol. The lowest BCUT2D eigenvalue weighted by molar-refractivity contribution is -0.808. The first-order valence-corrected chi connectivity index (χ1v) is 7.24. The quantitative estimate of drug-likeness (QED) is 0.728. The fraction of sp³-hybridized carbons (Fsp3) is 0.538. The second-order valence-electron chi connectivity index (χ2n) is 5.68. The van der Waals surface area contributed by atoms with Crippen LogP contribution in [0.15, 0.2) is 14.8 Å². The van der Waals surface area contributed by atoms with E-state index < -0.39 is 5.60 Å². The first-order chi connectivity index (χ1) is 11.1. The largest absolute Gasteiger partial charge is 0.492 e. The van der Waals surface area contributed by atoms with Crippen molar-refractivity contribution in [3.05, 3.63) is 38.8 Å². The Morgan fingerprint density at radius 3 is 2.65 bits per heavy atom. The Hall–Kier alpha value is -2.62. The van der Waals surface area contributed by atoms with Gasteiger partial charge >= 0.3 is 0 Å². The zero-order valence-corrected chi connectivity index (χ0v) is 12.3. The van der Waals surface area contributed by atoms with Crippen molar-refractivity contribution in [2.75, 3.05) is 7.11 Å². The molecule has 0 bridgehead atoms. The van der Waals surface area contributed by atoms with Gasteiger partial charge in [0, 0.05) is 28.7 Å². The van der Waals surface area contributed by atoms with Gasteiger partial charge in [-0.3, -0.25) is 9.26 Å². The fourth-order valence-electron chi connectivity index (χ4n) is 3.48. The van der Waals surface area contributed by atoms with E-state index in [1.807, 2.05) is 0 Å². The Labute approximate surface area is 129 Å². The molecule has 23 heavy (non-hydrogen) atoms. The van der Waals surface area contributed by atoms with Gasteiger partial charge in [-0.1, -0.05) is 0 Å². The topological polar surface area (TPSA) is 135 Å². The number of fused-ring (bicyclic) bond motifs is 2. The number of nitrogens with zero attached hydrogens (tertiary/aromatic N) is 4. The van der Waals surface area contributed by atoms with Gasteiger partial charge in [-0.2, -0.15) is 0 Å². The van der Waals surface area contributed by atoms with Crippen LogP contribution in [0.5, 0.6) is 0 Å². The molecule has 10 nitrogen and oxygen atoms in total. The lowest BCUT2D eigenvalue weighted by Crippen LogP contribution is -2.40. The lowest BCUT2D eigenvalue weighted by atomic mass is 9.75. The third kappa shape index (κ3) is 1.78. The van der Waals surface area contributed by atoms with E-state index in [1.54, 1.807) is 0 Å². The van der Waals surface area contributed by atoms with Crippen LogP contribution in [0.3, 0.4) is 0 Å². The van der Waals surface area contributed by atoms with Crippen molar-refractivity contribution < 1.29 is 28.9 Å². The summed E-state index contributed by atoms with van der Waals surface area (Å²) >= 11 is 0. The molecule has 2 aromatic heterocycles. The summed E-state index contributed by atoms with van der Waals surface area (Å²) < 4.78 is 14.6. The molecule has 1 atom stereocenters. The van der Waals surface area contributed by atoms with Crippen LogP contribution in [-0.2, 0) is 23.2 Å². The first kappa shape index (κ1) is 14.0. The van der Waals surface area contributed by atoms with Gasteiger partial charge in [0.05, 0.1) is 7.11 Å². The van der Waals surface area contributed by atoms with E-state index in [2.05, 4.69) is 19.6 Å². The van der Waals surface area contributed by atoms with E-state index in [4.69, 9.17) is 4.74 Å². The second kappa shape index (κ2) is 4.69. The molecule has 4 rings (SSSR count). The van der Waals surface area contributed by atoms with Crippen molar-refractivity contribution in [3.63, 3.8) is 0 Å². The molecule has 2 aliphatic carbocycles. The molecule has 0 fully saturated rings. The molecule has 0 spiro atoms. The minimum absolute atomic E-state index is 0.199. The van der Waals surface area contributed by atoms with Crippen molar-refractivity contribution in [2.45, 2.75) is 37.7 Å². The highest BCUT2D eigenvalue weighted by Gasteiger charge is 2.50. The summed E-state index contributed by atoms with van der Waals surface area (Å²) in [4.78, 5) is 0.658. The van der Waals surface area contributed by atoms with Gasteiger partial charge in [0.25, 0.3) is 11.4 Å². The maximum atomic E-state index is 11.6. The fourth-order valence-corrected chi connectivity index (χ4v) is 3.48. The number of methoxy groups -OCH3 is 1. The average molecular weight is 322 g/mol. The van der Waals surface area contributed by atoms with Crippen LogP contribution in [0.4, 0.5) is 0 Å². The summed E-state index contributed by atoms with van der Waals surface area (Å²) in [6.45, 7) is 0. The van der Waals surface area contributed by atoms with E-state index in [9.17, 15) is 15.5 Å². The lowest BCUT2D eigenvalue weighted by Gasteiger charge is -2.31.